The van der Waals surface area contributed by atoms with E-state index in [0.29, 0.717) is 12.1 Å². The highest BCUT2D eigenvalue weighted by Crippen LogP contribution is 2.21. The van der Waals surface area contributed by atoms with Crippen LogP contribution in [-0.2, 0) is 6.54 Å². The number of aromatic nitrogens is 1. The number of fused-ring (bicyclic) bond motifs is 1. The van der Waals surface area contributed by atoms with Crippen molar-refractivity contribution in [2.45, 2.75) is 13.5 Å². The Labute approximate surface area is 131 Å². The summed E-state index contributed by atoms with van der Waals surface area (Å²) >= 11 is 3.36. The summed E-state index contributed by atoms with van der Waals surface area (Å²) in [6, 6.07) is 15.0. The highest BCUT2D eigenvalue weighted by atomic mass is 79.9. The number of aryl methyl sites for hydroxylation is 1. The van der Waals surface area contributed by atoms with Crippen molar-refractivity contribution in [1.29, 1.82) is 0 Å². The van der Waals surface area contributed by atoms with Crippen LogP contribution in [0.15, 0.2) is 53.0 Å². The van der Waals surface area contributed by atoms with E-state index in [1.807, 2.05) is 31.2 Å². The first-order valence-corrected chi connectivity index (χ1v) is 7.47. The Morgan fingerprint density at radius 3 is 2.81 bits per heavy atom. The molecule has 0 radical (unpaired) electrons. The molecule has 0 saturated carbocycles. The normalized spacial score (nSPS) is 10.8. The molecule has 0 unspecified atom stereocenters. The molecule has 106 valence electrons. The summed E-state index contributed by atoms with van der Waals surface area (Å²) in [4.78, 5) is 4.60. The van der Waals surface area contributed by atoms with Crippen molar-refractivity contribution in [1.82, 2.24) is 4.98 Å². The number of rotatable bonds is 3. The molecule has 3 rings (SSSR count). The van der Waals surface area contributed by atoms with E-state index < -0.39 is 0 Å². The number of benzene rings is 2. The van der Waals surface area contributed by atoms with E-state index in [2.05, 4.69) is 32.3 Å². The number of nitrogens with zero attached hydrogens (tertiary/aromatic N) is 1. The Morgan fingerprint density at radius 1 is 1.14 bits per heavy atom. The highest BCUT2D eigenvalue weighted by Gasteiger charge is 2.06. The van der Waals surface area contributed by atoms with Crippen LogP contribution in [0.4, 0.5) is 10.2 Å². The Hall–Kier alpha value is -1.94. The molecule has 0 atom stereocenters. The molecule has 0 bridgehead atoms. The zero-order valence-electron chi connectivity index (χ0n) is 11.5. The van der Waals surface area contributed by atoms with E-state index in [0.717, 1.165) is 26.8 Å². The lowest BCUT2D eigenvalue weighted by atomic mass is 10.1. The molecule has 2 aromatic carbocycles. The van der Waals surface area contributed by atoms with Crippen LogP contribution in [-0.4, -0.2) is 4.98 Å². The number of para-hydroxylation sites is 1. The molecular formula is C17H14BrFN2. The maximum Gasteiger partial charge on any atom is 0.129 e. The van der Waals surface area contributed by atoms with Crippen molar-refractivity contribution in [3.8, 4) is 0 Å². The number of hydrogen-bond donors (Lipinski definition) is 1. The van der Waals surface area contributed by atoms with E-state index >= 15 is 0 Å². The van der Waals surface area contributed by atoms with Gasteiger partial charge in [0.1, 0.15) is 11.6 Å². The molecule has 0 spiro atoms. The molecule has 0 aliphatic rings. The van der Waals surface area contributed by atoms with Gasteiger partial charge in [0, 0.05) is 22.0 Å². The smallest absolute Gasteiger partial charge is 0.129 e. The Kier molecular flexibility index (Phi) is 3.88. The van der Waals surface area contributed by atoms with E-state index in [-0.39, 0.29) is 5.82 Å². The molecule has 1 aromatic heterocycles. The lowest BCUT2D eigenvalue weighted by Crippen LogP contribution is -2.05. The van der Waals surface area contributed by atoms with Crippen LogP contribution in [0.5, 0.6) is 0 Å². The van der Waals surface area contributed by atoms with Crippen molar-refractivity contribution >= 4 is 32.7 Å². The number of pyridine rings is 1. The lowest BCUT2D eigenvalue weighted by molar-refractivity contribution is 0.612. The van der Waals surface area contributed by atoms with Gasteiger partial charge in [0.2, 0.25) is 0 Å². The van der Waals surface area contributed by atoms with Gasteiger partial charge in [-0.15, -0.1) is 0 Å². The summed E-state index contributed by atoms with van der Waals surface area (Å²) in [6.45, 7) is 2.40. The van der Waals surface area contributed by atoms with Crippen molar-refractivity contribution < 1.29 is 4.39 Å². The highest BCUT2D eigenvalue weighted by molar-refractivity contribution is 9.10. The average Bonchev–Trinajstić information content (AvgIpc) is 2.48. The molecule has 1 N–H and O–H groups in total. The van der Waals surface area contributed by atoms with Crippen LogP contribution in [0.1, 0.15) is 11.1 Å². The van der Waals surface area contributed by atoms with Crippen LogP contribution in [0.2, 0.25) is 0 Å². The minimum Gasteiger partial charge on any atom is -0.366 e. The number of halogens is 2. The second-order valence-corrected chi connectivity index (χ2v) is 5.85. The molecule has 2 nitrogen and oxygen atoms in total. The molecule has 21 heavy (non-hydrogen) atoms. The first-order chi connectivity index (χ1) is 10.1. The molecule has 0 saturated heterocycles. The number of anilines is 1. The summed E-state index contributed by atoms with van der Waals surface area (Å²) in [5.74, 6) is 0.567. The third kappa shape index (κ3) is 3.05. The second-order valence-electron chi connectivity index (χ2n) is 4.94. The standard InChI is InChI=1S/C17H14BrFN2/c1-11-8-12-4-2-3-5-16(12)21-17(11)20-10-13-9-14(18)6-7-15(13)19/h2-9H,10H2,1H3,(H,20,21). The molecule has 0 aliphatic carbocycles. The van der Waals surface area contributed by atoms with Crippen molar-refractivity contribution in [2.75, 3.05) is 5.32 Å². The van der Waals surface area contributed by atoms with Crippen molar-refractivity contribution in [2.24, 2.45) is 0 Å². The Morgan fingerprint density at radius 2 is 1.95 bits per heavy atom. The van der Waals surface area contributed by atoms with Crippen LogP contribution in [0, 0.1) is 12.7 Å². The van der Waals surface area contributed by atoms with E-state index in [1.54, 1.807) is 12.1 Å². The van der Waals surface area contributed by atoms with Crippen molar-refractivity contribution in [3.63, 3.8) is 0 Å². The van der Waals surface area contributed by atoms with Crippen LogP contribution in [0.3, 0.4) is 0 Å². The Balaban J connectivity index is 1.88. The fourth-order valence-corrected chi connectivity index (χ4v) is 2.67. The van der Waals surface area contributed by atoms with Crippen LogP contribution >= 0.6 is 15.9 Å². The molecule has 0 aliphatic heterocycles. The fraction of sp³-hybridized carbons (Fsp3) is 0.118. The summed E-state index contributed by atoms with van der Waals surface area (Å²) in [5, 5.41) is 4.32. The van der Waals surface area contributed by atoms with Gasteiger partial charge in [-0.05, 0) is 42.8 Å². The molecule has 4 heteroatoms. The summed E-state index contributed by atoms with van der Waals surface area (Å²) < 4.78 is 14.6. The van der Waals surface area contributed by atoms with Gasteiger partial charge in [0.05, 0.1) is 5.52 Å². The first kappa shape index (κ1) is 14.0. The van der Waals surface area contributed by atoms with E-state index in [9.17, 15) is 4.39 Å². The molecular weight excluding hydrogens is 331 g/mol. The van der Waals surface area contributed by atoms with Crippen LogP contribution in [0.25, 0.3) is 10.9 Å². The predicted molar refractivity (Wildman–Crippen MR) is 87.9 cm³/mol. The fourth-order valence-electron chi connectivity index (χ4n) is 2.26. The van der Waals surface area contributed by atoms with Gasteiger partial charge in [0.25, 0.3) is 0 Å². The summed E-state index contributed by atoms with van der Waals surface area (Å²) in [6.07, 6.45) is 0. The predicted octanol–water partition coefficient (Wildman–Crippen LogP) is 5.06. The van der Waals surface area contributed by atoms with Gasteiger partial charge in [-0.2, -0.15) is 0 Å². The Bertz CT molecular complexity index is 802. The van der Waals surface area contributed by atoms with E-state index in [1.165, 1.54) is 6.07 Å². The van der Waals surface area contributed by atoms with E-state index in [4.69, 9.17) is 0 Å². The maximum absolute atomic E-state index is 13.7. The second kappa shape index (κ2) is 5.82. The largest absolute Gasteiger partial charge is 0.366 e. The monoisotopic (exact) mass is 344 g/mol. The quantitative estimate of drug-likeness (QED) is 0.718. The third-order valence-corrected chi connectivity index (χ3v) is 3.86. The van der Waals surface area contributed by atoms with Gasteiger partial charge in [-0.25, -0.2) is 9.37 Å². The maximum atomic E-state index is 13.7. The SMILES string of the molecule is Cc1cc2ccccc2nc1NCc1cc(Br)ccc1F. The molecule has 3 aromatic rings. The minimum absolute atomic E-state index is 0.218. The minimum atomic E-state index is -0.218. The zero-order chi connectivity index (χ0) is 14.8. The summed E-state index contributed by atoms with van der Waals surface area (Å²) in [5.41, 5.74) is 2.59. The van der Waals surface area contributed by atoms with Gasteiger partial charge in [-0.1, -0.05) is 34.1 Å². The first-order valence-electron chi connectivity index (χ1n) is 6.68. The molecule has 0 amide bonds. The number of nitrogens with one attached hydrogen (secondary N) is 1. The average molecular weight is 345 g/mol. The van der Waals surface area contributed by atoms with Gasteiger partial charge in [0.15, 0.2) is 0 Å². The lowest BCUT2D eigenvalue weighted by Gasteiger charge is -2.11. The molecule has 0 fully saturated rings. The molecule has 1 heterocycles. The van der Waals surface area contributed by atoms with Gasteiger partial charge in [-0.3, -0.25) is 0 Å². The third-order valence-electron chi connectivity index (χ3n) is 3.37. The summed E-state index contributed by atoms with van der Waals surface area (Å²) in [7, 11) is 0. The topological polar surface area (TPSA) is 24.9 Å². The van der Waals surface area contributed by atoms with Crippen LogP contribution < -0.4 is 5.32 Å². The van der Waals surface area contributed by atoms with Gasteiger partial charge >= 0.3 is 0 Å². The zero-order valence-corrected chi connectivity index (χ0v) is 13.1. The van der Waals surface area contributed by atoms with Crippen molar-refractivity contribution in [3.05, 3.63) is 69.9 Å². The number of hydrogen-bond acceptors (Lipinski definition) is 2. The van der Waals surface area contributed by atoms with Gasteiger partial charge < -0.3 is 5.32 Å².